The first-order valence-corrected chi connectivity index (χ1v) is 12.9. The maximum Gasteiger partial charge on any atom is 0.256 e. The minimum Gasteiger partial charge on any atom is -0.377 e. The molecule has 4 N–H and O–H groups in total. The summed E-state index contributed by atoms with van der Waals surface area (Å²) in [4.78, 5) is 25.9. The van der Waals surface area contributed by atoms with Crippen LogP contribution in [0, 0.1) is 0 Å². The van der Waals surface area contributed by atoms with Crippen molar-refractivity contribution in [2.45, 2.75) is 32.5 Å². The van der Waals surface area contributed by atoms with Crippen molar-refractivity contribution < 1.29 is 14.3 Å². The number of anilines is 2. The van der Waals surface area contributed by atoms with Crippen LogP contribution in [0.2, 0.25) is 0 Å². The molecule has 1 aromatic heterocycles. The van der Waals surface area contributed by atoms with Crippen LogP contribution in [0.4, 0.5) is 11.5 Å². The quantitative estimate of drug-likeness (QED) is 0.174. The van der Waals surface area contributed by atoms with Gasteiger partial charge >= 0.3 is 0 Å². The molecule has 0 bridgehead atoms. The Morgan fingerprint density at radius 2 is 1.72 bits per heavy atom. The summed E-state index contributed by atoms with van der Waals surface area (Å²) in [6, 6.07) is 24.2. The van der Waals surface area contributed by atoms with Gasteiger partial charge in [0.25, 0.3) is 11.8 Å². The Morgan fingerprint density at radius 1 is 0.949 bits per heavy atom. The van der Waals surface area contributed by atoms with E-state index in [2.05, 4.69) is 33.5 Å². The Balaban J connectivity index is 1.25. The molecule has 9 heteroatoms. The highest BCUT2D eigenvalue weighted by molar-refractivity contribution is 6.05. The summed E-state index contributed by atoms with van der Waals surface area (Å²) < 4.78 is 7.27. The fourth-order valence-electron chi connectivity index (χ4n) is 4.24. The molecule has 0 unspecified atom stereocenters. The smallest absolute Gasteiger partial charge is 0.256 e. The number of benzene rings is 3. The Labute approximate surface area is 227 Å². The van der Waals surface area contributed by atoms with Crippen molar-refractivity contribution in [2.75, 3.05) is 17.2 Å². The van der Waals surface area contributed by atoms with E-state index in [1.807, 2.05) is 73.7 Å². The summed E-state index contributed by atoms with van der Waals surface area (Å²) in [5.41, 5.74) is 11.1. The molecule has 2 amide bonds. The predicted octanol–water partition coefficient (Wildman–Crippen LogP) is 4.80. The number of ether oxygens (including phenoxy) is 1. The second kappa shape index (κ2) is 11.2. The molecule has 2 heterocycles. The van der Waals surface area contributed by atoms with Gasteiger partial charge < -0.3 is 15.4 Å². The zero-order valence-electron chi connectivity index (χ0n) is 22.2. The Hall–Kier alpha value is -4.31. The molecule has 0 spiro atoms. The molecule has 1 fully saturated rings. The Kier molecular flexibility index (Phi) is 7.56. The number of nitrogens with zero attached hydrogens (tertiary/aromatic N) is 2. The molecule has 0 saturated carbocycles. The standard InChI is InChI=1S/C30H32N6O3/c1-4-16-39-19-22-8-5-6-11-25(22)29(38)31-24-14-12-20(13-15-24)26-18-27(36(3)33-26)32-28(37)21-9-7-10-23(17-21)30(2)34-35-30/h5-15,17-18,34-35H,4,16,19H2,1-3H3,(H,31,38)(H,32,37). The van der Waals surface area contributed by atoms with Gasteiger partial charge in [-0.3, -0.25) is 14.3 Å². The van der Waals surface area contributed by atoms with Gasteiger partial charge in [-0.15, -0.1) is 0 Å². The zero-order valence-corrected chi connectivity index (χ0v) is 22.2. The van der Waals surface area contributed by atoms with Gasteiger partial charge in [0, 0.05) is 42.1 Å². The van der Waals surface area contributed by atoms with Crippen LogP contribution in [0.25, 0.3) is 11.3 Å². The molecule has 9 nitrogen and oxygen atoms in total. The third-order valence-corrected chi connectivity index (χ3v) is 6.63. The highest BCUT2D eigenvalue weighted by Crippen LogP contribution is 2.26. The Morgan fingerprint density at radius 3 is 2.46 bits per heavy atom. The summed E-state index contributed by atoms with van der Waals surface area (Å²) in [6.45, 7) is 5.11. The summed E-state index contributed by atoms with van der Waals surface area (Å²) in [7, 11) is 1.78. The first-order valence-electron chi connectivity index (χ1n) is 12.9. The number of hydrogen-bond acceptors (Lipinski definition) is 6. The van der Waals surface area contributed by atoms with E-state index in [4.69, 9.17) is 4.74 Å². The highest BCUT2D eigenvalue weighted by atomic mass is 16.5. The fourth-order valence-corrected chi connectivity index (χ4v) is 4.24. The zero-order chi connectivity index (χ0) is 27.4. The van der Waals surface area contributed by atoms with Crippen LogP contribution in [-0.4, -0.2) is 28.2 Å². The van der Waals surface area contributed by atoms with E-state index in [-0.39, 0.29) is 17.5 Å². The van der Waals surface area contributed by atoms with Crippen molar-refractivity contribution in [3.63, 3.8) is 0 Å². The molecule has 3 aromatic carbocycles. The maximum absolute atomic E-state index is 12.9. The van der Waals surface area contributed by atoms with Crippen LogP contribution < -0.4 is 21.5 Å². The lowest BCUT2D eigenvalue weighted by molar-refractivity contribution is 0.100. The fraction of sp³-hybridized carbons (Fsp3) is 0.233. The number of carbonyl (C=O) groups excluding carboxylic acids is 2. The van der Waals surface area contributed by atoms with Gasteiger partial charge in [0.05, 0.1) is 12.3 Å². The lowest BCUT2D eigenvalue weighted by Gasteiger charge is -2.11. The average molecular weight is 525 g/mol. The molecular formula is C30H32N6O3. The molecule has 0 aliphatic carbocycles. The minimum atomic E-state index is -0.298. The van der Waals surface area contributed by atoms with E-state index >= 15 is 0 Å². The molecule has 200 valence electrons. The van der Waals surface area contributed by atoms with Gasteiger partial charge in [-0.1, -0.05) is 49.4 Å². The van der Waals surface area contributed by atoms with Crippen molar-refractivity contribution in [1.29, 1.82) is 0 Å². The largest absolute Gasteiger partial charge is 0.377 e. The van der Waals surface area contributed by atoms with Crippen molar-refractivity contribution in [2.24, 2.45) is 7.05 Å². The number of hydrazine groups is 1. The van der Waals surface area contributed by atoms with Gasteiger partial charge in [0.1, 0.15) is 11.5 Å². The lowest BCUT2D eigenvalue weighted by Crippen LogP contribution is -2.16. The third-order valence-electron chi connectivity index (χ3n) is 6.63. The van der Waals surface area contributed by atoms with Crippen LogP contribution in [0.1, 0.15) is 52.1 Å². The van der Waals surface area contributed by atoms with Crippen LogP contribution in [0.5, 0.6) is 0 Å². The number of nitrogens with one attached hydrogen (secondary N) is 4. The van der Waals surface area contributed by atoms with E-state index in [1.165, 1.54) is 0 Å². The first kappa shape index (κ1) is 26.3. The average Bonchev–Trinajstić information content (AvgIpc) is 3.61. The van der Waals surface area contributed by atoms with Gasteiger partial charge in [-0.25, -0.2) is 10.9 Å². The number of carbonyl (C=O) groups is 2. The molecule has 1 aliphatic heterocycles. The first-order chi connectivity index (χ1) is 18.9. The Bertz CT molecular complexity index is 1490. The van der Waals surface area contributed by atoms with Gasteiger partial charge in [0.15, 0.2) is 0 Å². The van der Waals surface area contributed by atoms with E-state index in [1.54, 1.807) is 23.9 Å². The molecule has 0 radical (unpaired) electrons. The van der Waals surface area contributed by atoms with Crippen LogP contribution >= 0.6 is 0 Å². The highest BCUT2D eigenvalue weighted by Gasteiger charge is 2.38. The number of rotatable bonds is 10. The number of aryl methyl sites for hydroxylation is 1. The van der Waals surface area contributed by atoms with Crippen molar-refractivity contribution >= 4 is 23.3 Å². The van der Waals surface area contributed by atoms with Gasteiger partial charge in [-0.2, -0.15) is 5.10 Å². The van der Waals surface area contributed by atoms with Crippen molar-refractivity contribution in [3.8, 4) is 11.3 Å². The van der Waals surface area contributed by atoms with Crippen molar-refractivity contribution in [1.82, 2.24) is 20.6 Å². The molecule has 4 aromatic rings. The second-order valence-corrected chi connectivity index (χ2v) is 9.69. The van der Waals surface area contributed by atoms with Crippen LogP contribution in [0.15, 0.2) is 78.9 Å². The maximum atomic E-state index is 12.9. The SMILES string of the molecule is CCCOCc1ccccc1C(=O)Nc1ccc(-c2cc(NC(=O)c3cccc(C4(C)NN4)c3)n(C)n2)cc1. The summed E-state index contributed by atoms with van der Waals surface area (Å²) in [5, 5.41) is 10.5. The predicted molar refractivity (Wildman–Crippen MR) is 151 cm³/mol. The third kappa shape index (κ3) is 6.06. The summed E-state index contributed by atoms with van der Waals surface area (Å²) in [6.07, 6.45) is 0.925. The second-order valence-electron chi connectivity index (χ2n) is 9.69. The topological polar surface area (TPSA) is 129 Å². The van der Waals surface area contributed by atoms with E-state index in [9.17, 15) is 9.59 Å². The number of hydrogen-bond donors (Lipinski definition) is 4. The van der Waals surface area contributed by atoms with Crippen LogP contribution in [0.3, 0.4) is 0 Å². The number of amides is 2. The minimum absolute atomic E-state index is 0.187. The number of aromatic nitrogens is 2. The molecular weight excluding hydrogens is 492 g/mol. The van der Waals surface area contributed by atoms with E-state index < -0.39 is 0 Å². The normalized spacial score (nSPS) is 13.6. The molecule has 0 atom stereocenters. The van der Waals surface area contributed by atoms with Crippen molar-refractivity contribution in [3.05, 3.63) is 101 Å². The summed E-state index contributed by atoms with van der Waals surface area (Å²) >= 11 is 0. The molecule has 1 aliphatic rings. The van der Waals surface area contributed by atoms with Gasteiger partial charge in [0.2, 0.25) is 0 Å². The summed E-state index contributed by atoms with van der Waals surface area (Å²) in [5.74, 6) is 0.176. The molecule has 5 rings (SSSR count). The molecule has 1 saturated heterocycles. The van der Waals surface area contributed by atoms with E-state index in [0.717, 1.165) is 23.1 Å². The van der Waals surface area contributed by atoms with E-state index in [0.29, 0.717) is 41.5 Å². The van der Waals surface area contributed by atoms with Gasteiger partial charge in [-0.05, 0) is 54.8 Å². The lowest BCUT2D eigenvalue weighted by atomic mass is 10.0. The van der Waals surface area contributed by atoms with Crippen LogP contribution in [-0.2, 0) is 24.1 Å². The molecule has 39 heavy (non-hydrogen) atoms. The monoisotopic (exact) mass is 524 g/mol.